The summed E-state index contributed by atoms with van der Waals surface area (Å²) in [6, 6.07) is 10.3. The van der Waals surface area contributed by atoms with Crippen molar-refractivity contribution in [2.45, 2.75) is 38.6 Å². The first-order valence-electron chi connectivity index (χ1n) is 9.78. The molecule has 1 aromatic heterocycles. The SMILES string of the molecule is CCOCC1CCCN(c2cc(C(=O)NC3CC3)c3ccccc3n2)C1. The fraction of sp³-hybridized carbons (Fsp3) is 0.524. The standard InChI is InChI=1S/C21H27N3O2/c1-2-26-14-15-6-5-11-24(13-15)20-12-18(21(25)22-16-9-10-16)17-7-3-4-8-19(17)23-20/h3-4,7-8,12,15-16H,2,5-6,9-11,13-14H2,1H3,(H,22,25). The van der Waals surface area contributed by atoms with Gasteiger partial charge in [0.15, 0.2) is 0 Å². The lowest BCUT2D eigenvalue weighted by Gasteiger charge is -2.33. The van der Waals surface area contributed by atoms with Gasteiger partial charge < -0.3 is 15.0 Å². The summed E-state index contributed by atoms with van der Waals surface area (Å²) >= 11 is 0. The molecule has 1 aromatic carbocycles. The molecule has 0 spiro atoms. The van der Waals surface area contributed by atoms with E-state index in [4.69, 9.17) is 9.72 Å². The van der Waals surface area contributed by atoms with Gasteiger partial charge in [0.1, 0.15) is 5.82 Å². The van der Waals surface area contributed by atoms with Crippen LogP contribution in [0.3, 0.4) is 0 Å². The number of hydrogen-bond acceptors (Lipinski definition) is 4. The molecule has 1 aliphatic heterocycles. The molecule has 1 atom stereocenters. The van der Waals surface area contributed by atoms with Crippen LogP contribution in [0.5, 0.6) is 0 Å². The Kier molecular flexibility index (Phi) is 5.07. The third-order valence-corrected chi connectivity index (χ3v) is 5.26. The van der Waals surface area contributed by atoms with Gasteiger partial charge >= 0.3 is 0 Å². The molecule has 2 heterocycles. The van der Waals surface area contributed by atoms with Gasteiger partial charge in [0, 0.05) is 31.1 Å². The molecule has 0 bridgehead atoms. The highest BCUT2D eigenvalue weighted by Gasteiger charge is 2.26. The number of hydrogen-bond donors (Lipinski definition) is 1. The second kappa shape index (κ2) is 7.62. The molecule has 1 aliphatic carbocycles. The maximum atomic E-state index is 12.8. The van der Waals surface area contributed by atoms with Crippen molar-refractivity contribution < 1.29 is 9.53 Å². The largest absolute Gasteiger partial charge is 0.381 e. The van der Waals surface area contributed by atoms with E-state index in [0.29, 0.717) is 12.0 Å². The monoisotopic (exact) mass is 353 g/mol. The third kappa shape index (κ3) is 3.83. The van der Waals surface area contributed by atoms with Gasteiger partial charge in [-0.25, -0.2) is 4.98 Å². The van der Waals surface area contributed by atoms with E-state index in [9.17, 15) is 4.79 Å². The number of nitrogens with zero attached hydrogens (tertiary/aromatic N) is 2. The molecule has 1 N–H and O–H groups in total. The zero-order valence-electron chi connectivity index (χ0n) is 15.4. The Morgan fingerprint density at radius 2 is 2.15 bits per heavy atom. The maximum absolute atomic E-state index is 12.8. The van der Waals surface area contributed by atoms with Crippen molar-refractivity contribution in [1.29, 1.82) is 0 Å². The van der Waals surface area contributed by atoms with E-state index in [0.717, 1.165) is 67.8 Å². The summed E-state index contributed by atoms with van der Waals surface area (Å²) in [5, 5.41) is 4.05. The second-order valence-electron chi connectivity index (χ2n) is 7.41. The fourth-order valence-electron chi connectivity index (χ4n) is 3.70. The quantitative estimate of drug-likeness (QED) is 0.865. The Morgan fingerprint density at radius 3 is 2.96 bits per heavy atom. The fourth-order valence-corrected chi connectivity index (χ4v) is 3.70. The predicted molar refractivity (Wildman–Crippen MR) is 104 cm³/mol. The highest BCUT2D eigenvalue weighted by molar-refractivity contribution is 6.07. The number of aromatic nitrogens is 1. The number of nitrogens with one attached hydrogen (secondary N) is 1. The molecule has 1 saturated heterocycles. The van der Waals surface area contributed by atoms with Crippen LogP contribution in [0.15, 0.2) is 30.3 Å². The van der Waals surface area contributed by atoms with Crippen LogP contribution in [-0.2, 0) is 4.74 Å². The van der Waals surface area contributed by atoms with Crippen LogP contribution in [-0.4, -0.2) is 43.2 Å². The van der Waals surface area contributed by atoms with Crippen molar-refractivity contribution in [1.82, 2.24) is 10.3 Å². The number of piperidine rings is 1. The van der Waals surface area contributed by atoms with Crippen molar-refractivity contribution >= 4 is 22.6 Å². The summed E-state index contributed by atoms with van der Waals surface area (Å²) in [7, 11) is 0. The molecule has 5 heteroatoms. The summed E-state index contributed by atoms with van der Waals surface area (Å²) in [6.07, 6.45) is 4.51. The van der Waals surface area contributed by atoms with E-state index in [1.807, 2.05) is 37.3 Å². The molecular weight excluding hydrogens is 326 g/mol. The van der Waals surface area contributed by atoms with Gasteiger partial charge in [-0.3, -0.25) is 4.79 Å². The molecule has 0 radical (unpaired) electrons. The lowest BCUT2D eigenvalue weighted by molar-refractivity contribution is 0.0952. The lowest BCUT2D eigenvalue weighted by Crippen LogP contribution is -2.38. The Labute approximate surface area is 154 Å². The Balaban J connectivity index is 1.63. The van der Waals surface area contributed by atoms with E-state index >= 15 is 0 Å². The topological polar surface area (TPSA) is 54.5 Å². The van der Waals surface area contributed by atoms with Crippen molar-refractivity contribution in [2.75, 3.05) is 31.2 Å². The number of carbonyl (C=O) groups is 1. The summed E-state index contributed by atoms with van der Waals surface area (Å²) < 4.78 is 5.63. The van der Waals surface area contributed by atoms with Gasteiger partial charge in [0.05, 0.1) is 17.7 Å². The van der Waals surface area contributed by atoms with E-state index < -0.39 is 0 Å². The summed E-state index contributed by atoms with van der Waals surface area (Å²) in [6.45, 7) is 5.52. The van der Waals surface area contributed by atoms with Gasteiger partial charge in [0.2, 0.25) is 0 Å². The molecule has 5 nitrogen and oxygen atoms in total. The highest BCUT2D eigenvalue weighted by atomic mass is 16.5. The summed E-state index contributed by atoms with van der Waals surface area (Å²) in [5.74, 6) is 1.46. The minimum atomic E-state index is 0.0234. The number of anilines is 1. The van der Waals surface area contributed by atoms with Gasteiger partial charge in [0.25, 0.3) is 5.91 Å². The molecule has 2 aliphatic rings. The Morgan fingerprint density at radius 1 is 1.31 bits per heavy atom. The number of para-hydroxylation sites is 1. The van der Waals surface area contributed by atoms with Crippen LogP contribution in [0.25, 0.3) is 10.9 Å². The molecule has 138 valence electrons. The first-order valence-corrected chi connectivity index (χ1v) is 9.78. The third-order valence-electron chi connectivity index (χ3n) is 5.26. The van der Waals surface area contributed by atoms with E-state index in [-0.39, 0.29) is 5.91 Å². The molecular formula is C21H27N3O2. The van der Waals surface area contributed by atoms with Gasteiger partial charge in [-0.15, -0.1) is 0 Å². The lowest BCUT2D eigenvalue weighted by atomic mass is 9.98. The molecule has 2 aromatic rings. The van der Waals surface area contributed by atoms with Crippen LogP contribution >= 0.6 is 0 Å². The van der Waals surface area contributed by atoms with Crippen LogP contribution in [0.2, 0.25) is 0 Å². The highest BCUT2D eigenvalue weighted by Crippen LogP contribution is 2.28. The van der Waals surface area contributed by atoms with Gasteiger partial charge in [-0.05, 0) is 50.7 Å². The molecule has 1 unspecified atom stereocenters. The number of rotatable bonds is 6. The molecule has 2 fully saturated rings. The van der Waals surface area contributed by atoms with Crippen molar-refractivity contribution in [3.63, 3.8) is 0 Å². The van der Waals surface area contributed by atoms with Crippen LogP contribution < -0.4 is 10.2 Å². The van der Waals surface area contributed by atoms with E-state index in [1.165, 1.54) is 6.42 Å². The number of benzene rings is 1. The van der Waals surface area contributed by atoms with E-state index in [1.54, 1.807) is 0 Å². The van der Waals surface area contributed by atoms with Crippen LogP contribution in [0.4, 0.5) is 5.82 Å². The number of ether oxygens (including phenoxy) is 1. The van der Waals surface area contributed by atoms with Crippen LogP contribution in [0, 0.1) is 5.92 Å². The Bertz CT molecular complexity index is 788. The first-order chi connectivity index (χ1) is 12.7. The second-order valence-corrected chi connectivity index (χ2v) is 7.41. The molecule has 4 rings (SSSR count). The summed E-state index contributed by atoms with van der Waals surface area (Å²) in [4.78, 5) is 19.9. The average Bonchev–Trinajstić information content (AvgIpc) is 3.49. The van der Waals surface area contributed by atoms with Crippen molar-refractivity contribution in [2.24, 2.45) is 5.92 Å². The molecule has 1 saturated carbocycles. The maximum Gasteiger partial charge on any atom is 0.252 e. The zero-order valence-corrected chi connectivity index (χ0v) is 15.4. The van der Waals surface area contributed by atoms with Crippen molar-refractivity contribution in [3.05, 3.63) is 35.9 Å². The van der Waals surface area contributed by atoms with Crippen LogP contribution in [0.1, 0.15) is 43.0 Å². The van der Waals surface area contributed by atoms with Gasteiger partial charge in [-0.1, -0.05) is 18.2 Å². The minimum Gasteiger partial charge on any atom is -0.381 e. The minimum absolute atomic E-state index is 0.0234. The molecule has 1 amide bonds. The van der Waals surface area contributed by atoms with E-state index in [2.05, 4.69) is 10.2 Å². The normalized spacial score (nSPS) is 20.3. The van der Waals surface area contributed by atoms with Crippen molar-refractivity contribution in [3.8, 4) is 0 Å². The smallest absolute Gasteiger partial charge is 0.252 e. The number of pyridine rings is 1. The molecule has 26 heavy (non-hydrogen) atoms. The predicted octanol–water partition coefficient (Wildman–Crippen LogP) is 3.38. The number of fused-ring (bicyclic) bond motifs is 1. The first kappa shape index (κ1) is 17.3. The zero-order chi connectivity index (χ0) is 17.9. The summed E-state index contributed by atoms with van der Waals surface area (Å²) in [5.41, 5.74) is 1.63. The number of carbonyl (C=O) groups excluding carboxylic acids is 1. The average molecular weight is 353 g/mol. The van der Waals surface area contributed by atoms with Gasteiger partial charge in [-0.2, -0.15) is 0 Å². The number of amides is 1. The Hall–Kier alpha value is -2.14.